The molecule has 162 valence electrons. The van der Waals surface area contributed by atoms with Gasteiger partial charge in [0.1, 0.15) is 12.6 Å². The molecule has 1 amide bonds. The number of rotatable bonds is 8. The van der Waals surface area contributed by atoms with Crippen LogP contribution in [0, 0.1) is 0 Å². The van der Waals surface area contributed by atoms with Gasteiger partial charge in [0.25, 0.3) is 0 Å². The molecule has 0 bridgehead atoms. The number of ketones is 1. The Morgan fingerprint density at radius 1 is 0.967 bits per heavy atom. The largest absolute Gasteiger partial charge is 0.445 e. The molecule has 0 fully saturated rings. The molecule has 0 aliphatic carbocycles. The van der Waals surface area contributed by atoms with Crippen LogP contribution in [0.5, 0.6) is 0 Å². The smallest absolute Gasteiger partial charge is 0.410 e. The van der Waals surface area contributed by atoms with Gasteiger partial charge in [-0.1, -0.05) is 81.4 Å². The monoisotopic (exact) mass is 427 g/mol. The maximum Gasteiger partial charge on any atom is 0.410 e. The van der Waals surface area contributed by atoms with Gasteiger partial charge < -0.3 is 9.16 Å². The number of nitrogens with zero attached hydrogens (tertiary/aromatic N) is 1. The lowest BCUT2D eigenvalue weighted by Crippen LogP contribution is -2.50. The van der Waals surface area contributed by atoms with Crippen molar-refractivity contribution in [1.29, 1.82) is 0 Å². The number of benzene rings is 2. The highest BCUT2D eigenvalue weighted by Gasteiger charge is 2.39. The number of ether oxygens (including phenoxy) is 1. The Kier molecular flexibility index (Phi) is 7.98. The zero-order valence-corrected chi connectivity index (χ0v) is 19.8. The van der Waals surface area contributed by atoms with E-state index < -0.39 is 20.5 Å². The van der Waals surface area contributed by atoms with Gasteiger partial charge in [-0.2, -0.15) is 0 Å². The zero-order chi connectivity index (χ0) is 22.4. The van der Waals surface area contributed by atoms with Crippen molar-refractivity contribution in [3.8, 4) is 0 Å². The van der Waals surface area contributed by atoms with E-state index in [1.54, 1.807) is 19.2 Å². The van der Waals surface area contributed by atoms with Crippen molar-refractivity contribution in [3.63, 3.8) is 0 Å². The van der Waals surface area contributed by atoms with Crippen LogP contribution in [0.15, 0.2) is 60.7 Å². The minimum absolute atomic E-state index is 0.000264. The summed E-state index contributed by atoms with van der Waals surface area (Å²) in [5.74, 6) is -0.159. The second-order valence-corrected chi connectivity index (χ2v) is 13.8. The normalized spacial score (nSPS) is 12.9. The number of likely N-dealkylation sites (N-methyl/N-ethyl adjacent to an activating group) is 1. The van der Waals surface area contributed by atoms with Crippen LogP contribution in [0.3, 0.4) is 0 Å². The summed E-state index contributed by atoms with van der Waals surface area (Å²) in [4.78, 5) is 27.3. The lowest BCUT2D eigenvalue weighted by Gasteiger charge is -2.38. The Labute approximate surface area is 181 Å². The zero-order valence-electron chi connectivity index (χ0n) is 18.8. The Hall–Kier alpha value is -2.44. The maximum atomic E-state index is 13.2. The number of hydrogen-bond donors (Lipinski definition) is 0. The summed E-state index contributed by atoms with van der Waals surface area (Å²) in [6, 6.07) is 17.7. The van der Waals surface area contributed by atoms with Crippen molar-refractivity contribution in [2.24, 2.45) is 0 Å². The Morgan fingerprint density at radius 2 is 1.50 bits per heavy atom. The molecule has 6 heteroatoms. The molecule has 30 heavy (non-hydrogen) atoms. The second kappa shape index (κ2) is 10.0. The van der Waals surface area contributed by atoms with Gasteiger partial charge in [-0.05, 0) is 23.7 Å². The van der Waals surface area contributed by atoms with Crippen molar-refractivity contribution in [2.45, 2.75) is 51.6 Å². The fourth-order valence-electron chi connectivity index (χ4n) is 2.61. The van der Waals surface area contributed by atoms with Crippen molar-refractivity contribution in [3.05, 3.63) is 71.8 Å². The van der Waals surface area contributed by atoms with E-state index in [4.69, 9.17) is 9.16 Å². The third-order valence-electron chi connectivity index (χ3n) is 5.73. The van der Waals surface area contributed by atoms with E-state index in [1.807, 2.05) is 48.5 Å². The first kappa shape index (κ1) is 23.8. The highest BCUT2D eigenvalue weighted by Crippen LogP contribution is 2.36. The third kappa shape index (κ3) is 6.28. The van der Waals surface area contributed by atoms with Crippen LogP contribution in [-0.2, 0) is 15.8 Å². The molecule has 0 saturated heterocycles. The first-order chi connectivity index (χ1) is 14.0. The highest BCUT2D eigenvalue weighted by molar-refractivity contribution is 6.74. The lowest BCUT2D eigenvalue weighted by molar-refractivity contribution is 0.0619. The molecule has 2 aromatic rings. The van der Waals surface area contributed by atoms with Crippen LogP contribution in [0.1, 0.15) is 36.7 Å². The number of amides is 1. The van der Waals surface area contributed by atoms with Crippen LogP contribution in [0.4, 0.5) is 4.79 Å². The van der Waals surface area contributed by atoms with E-state index in [1.165, 1.54) is 4.90 Å². The van der Waals surface area contributed by atoms with E-state index in [0.29, 0.717) is 5.56 Å². The molecule has 0 aliphatic heterocycles. The number of carbonyl (C=O) groups is 2. The van der Waals surface area contributed by atoms with Gasteiger partial charge in [0.15, 0.2) is 14.1 Å². The average Bonchev–Trinajstić information content (AvgIpc) is 2.72. The van der Waals surface area contributed by atoms with Crippen LogP contribution in [-0.4, -0.2) is 44.8 Å². The highest BCUT2D eigenvalue weighted by atomic mass is 28.4. The van der Waals surface area contributed by atoms with E-state index in [2.05, 4.69) is 33.9 Å². The minimum Gasteiger partial charge on any atom is -0.445 e. The molecule has 0 heterocycles. The quantitative estimate of drug-likeness (QED) is 0.411. The SMILES string of the molecule is CN(C(=O)OCc1ccccc1)[C@@H](CO[Si](C)(C)C(C)(C)C)C(=O)c1ccccc1. The predicted molar refractivity (Wildman–Crippen MR) is 122 cm³/mol. The molecule has 0 saturated carbocycles. The summed E-state index contributed by atoms with van der Waals surface area (Å²) in [5.41, 5.74) is 1.44. The van der Waals surface area contributed by atoms with Gasteiger partial charge in [0.2, 0.25) is 0 Å². The topological polar surface area (TPSA) is 55.8 Å². The average molecular weight is 428 g/mol. The lowest BCUT2D eigenvalue weighted by atomic mass is 10.0. The summed E-state index contributed by atoms with van der Waals surface area (Å²) >= 11 is 0. The molecule has 5 nitrogen and oxygen atoms in total. The standard InChI is InChI=1S/C24H33NO4Si/c1-24(2,3)30(5,6)29-18-21(22(26)20-15-11-8-12-16-20)25(4)23(27)28-17-19-13-9-7-10-14-19/h7-16,21H,17-18H2,1-6H3/t21-/m0/s1. The van der Waals surface area contributed by atoms with E-state index in [9.17, 15) is 9.59 Å². The van der Waals surface area contributed by atoms with Gasteiger partial charge in [-0.15, -0.1) is 0 Å². The first-order valence-corrected chi connectivity index (χ1v) is 13.1. The van der Waals surface area contributed by atoms with Gasteiger partial charge in [-0.3, -0.25) is 9.69 Å². The van der Waals surface area contributed by atoms with E-state index >= 15 is 0 Å². The van der Waals surface area contributed by atoms with Crippen LogP contribution in [0.25, 0.3) is 0 Å². The molecule has 0 aromatic heterocycles. The fraction of sp³-hybridized carbons (Fsp3) is 0.417. The number of carbonyl (C=O) groups excluding carboxylic acids is 2. The summed E-state index contributed by atoms with van der Waals surface area (Å²) in [5, 5.41) is -0.000264. The van der Waals surface area contributed by atoms with Crippen LogP contribution in [0.2, 0.25) is 18.1 Å². The Balaban J connectivity index is 2.16. The van der Waals surface area contributed by atoms with Gasteiger partial charge in [-0.25, -0.2) is 4.79 Å². The molecular weight excluding hydrogens is 394 g/mol. The first-order valence-electron chi connectivity index (χ1n) is 10.2. The van der Waals surface area contributed by atoms with Crippen molar-refractivity contribution in [1.82, 2.24) is 4.90 Å². The van der Waals surface area contributed by atoms with Gasteiger partial charge in [0.05, 0.1) is 6.61 Å². The van der Waals surface area contributed by atoms with E-state index in [0.717, 1.165) is 5.56 Å². The Morgan fingerprint density at radius 3 is 2.03 bits per heavy atom. The summed E-state index contributed by atoms with van der Waals surface area (Å²) in [7, 11) is -0.506. The van der Waals surface area contributed by atoms with Crippen molar-refractivity contribution in [2.75, 3.05) is 13.7 Å². The second-order valence-electron chi connectivity index (χ2n) is 8.97. The predicted octanol–water partition coefficient (Wildman–Crippen LogP) is 5.53. The molecule has 0 N–H and O–H groups in total. The van der Waals surface area contributed by atoms with Crippen LogP contribution < -0.4 is 0 Å². The van der Waals surface area contributed by atoms with Crippen LogP contribution >= 0.6 is 0 Å². The summed E-state index contributed by atoms with van der Waals surface area (Å²) in [6.07, 6.45) is -0.549. The van der Waals surface area contributed by atoms with Crippen molar-refractivity contribution < 1.29 is 18.8 Å². The molecule has 2 rings (SSSR count). The molecule has 2 aromatic carbocycles. The molecule has 0 spiro atoms. The summed E-state index contributed by atoms with van der Waals surface area (Å²) in [6.45, 7) is 11.0. The van der Waals surface area contributed by atoms with Gasteiger partial charge >= 0.3 is 6.09 Å². The number of hydrogen-bond acceptors (Lipinski definition) is 4. The molecule has 0 aliphatic rings. The minimum atomic E-state index is -2.10. The van der Waals surface area contributed by atoms with Crippen molar-refractivity contribution >= 4 is 20.2 Å². The molecular formula is C24H33NO4Si. The summed E-state index contributed by atoms with van der Waals surface area (Å²) < 4.78 is 11.7. The molecule has 0 radical (unpaired) electrons. The maximum absolute atomic E-state index is 13.2. The fourth-order valence-corrected chi connectivity index (χ4v) is 3.62. The third-order valence-corrected chi connectivity index (χ3v) is 10.2. The van der Waals surface area contributed by atoms with E-state index in [-0.39, 0.29) is 24.0 Å². The van der Waals surface area contributed by atoms with Gasteiger partial charge in [0, 0.05) is 12.6 Å². The Bertz CT molecular complexity index is 831. The molecule has 1 atom stereocenters. The number of Topliss-reactive ketones (excluding diaryl/α,β-unsaturated/α-hetero) is 1. The molecule has 0 unspecified atom stereocenters.